The fourth-order valence-corrected chi connectivity index (χ4v) is 3.29. The number of likely N-dealkylation sites (tertiary alicyclic amines) is 1. The number of amides is 2. The Morgan fingerprint density at radius 1 is 1.38 bits per heavy atom. The number of nitrogens with one attached hydrogen (secondary N) is 1. The second-order valence-corrected chi connectivity index (χ2v) is 6.62. The molecule has 138 valence electrons. The molecule has 2 amide bonds. The smallest absolute Gasteiger partial charge is 0.243 e. The molecule has 2 atom stereocenters. The van der Waals surface area contributed by atoms with E-state index in [4.69, 9.17) is 0 Å². The van der Waals surface area contributed by atoms with Crippen molar-refractivity contribution in [2.45, 2.75) is 38.1 Å². The largest absolute Gasteiger partial charge is 0.339 e. The Morgan fingerprint density at radius 2 is 2.08 bits per heavy atom. The lowest BCUT2D eigenvalue weighted by Crippen LogP contribution is -2.45. The first-order chi connectivity index (χ1) is 12.5. The lowest BCUT2D eigenvalue weighted by atomic mass is 10.0. The van der Waals surface area contributed by atoms with E-state index >= 15 is 0 Å². The van der Waals surface area contributed by atoms with Gasteiger partial charge >= 0.3 is 0 Å². The zero-order valence-electron chi connectivity index (χ0n) is 15.2. The van der Waals surface area contributed by atoms with Gasteiger partial charge in [-0.2, -0.15) is 0 Å². The molecular weight excluding hydrogens is 346 g/mol. The molecule has 26 heavy (non-hydrogen) atoms. The number of aliphatic imine (C=N–C) groups is 1. The number of hydrogen-bond donors (Lipinski definition) is 2. The number of hydrogen-bond acceptors (Lipinski definition) is 4. The molecule has 1 aliphatic rings. The summed E-state index contributed by atoms with van der Waals surface area (Å²) in [4.78, 5) is 29.9. The minimum atomic E-state index is -0.434. The molecule has 6 heteroatoms. The number of allylic oxidation sites excluding steroid dienone is 2. The Bertz CT molecular complexity index is 725. The van der Waals surface area contributed by atoms with Crippen molar-refractivity contribution in [3.05, 3.63) is 54.2 Å². The fourth-order valence-electron chi connectivity index (χ4n) is 2.99. The van der Waals surface area contributed by atoms with Crippen LogP contribution in [-0.4, -0.2) is 35.5 Å². The maximum Gasteiger partial charge on any atom is 0.243 e. The Hall–Kier alpha value is -2.34. The Balaban J connectivity index is 2.05. The van der Waals surface area contributed by atoms with E-state index in [1.807, 2.05) is 31.2 Å². The second-order valence-electron chi connectivity index (χ2n) is 6.10. The SMILES string of the molecule is C=C/C(=C\N=CC)c1ccc(C(S)NC(=O)C2CCCN2C(C)=O)cc1. The predicted molar refractivity (Wildman–Crippen MR) is 109 cm³/mol. The highest BCUT2D eigenvalue weighted by Gasteiger charge is 2.32. The molecule has 1 heterocycles. The van der Waals surface area contributed by atoms with E-state index in [2.05, 4.69) is 29.5 Å². The van der Waals surface area contributed by atoms with Gasteiger partial charge in [-0.1, -0.05) is 36.9 Å². The molecule has 1 aliphatic heterocycles. The van der Waals surface area contributed by atoms with Gasteiger partial charge in [0.1, 0.15) is 6.04 Å². The fraction of sp³-hybridized carbons (Fsp3) is 0.350. The van der Waals surface area contributed by atoms with E-state index in [0.717, 1.165) is 23.1 Å². The van der Waals surface area contributed by atoms with E-state index in [9.17, 15) is 9.59 Å². The molecule has 2 rings (SSSR count). The third kappa shape index (κ3) is 4.85. The molecule has 5 nitrogen and oxygen atoms in total. The van der Waals surface area contributed by atoms with Crippen LogP contribution in [0.15, 0.2) is 48.1 Å². The van der Waals surface area contributed by atoms with E-state index in [1.54, 1.807) is 23.4 Å². The summed E-state index contributed by atoms with van der Waals surface area (Å²) in [6.45, 7) is 7.79. The third-order valence-electron chi connectivity index (χ3n) is 4.38. The zero-order chi connectivity index (χ0) is 19.1. The van der Waals surface area contributed by atoms with Crippen molar-refractivity contribution < 1.29 is 9.59 Å². The van der Waals surface area contributed by atoms with Crippen molar-refractivity contribution in [2.75, 3.05) is 6.54 Å². The lowest BCUT2D eigenvalue weighted by molar-refractivity contribution is -0.136. The van der Waals surface area contributed by atoms with Crippen molar-refractivity contribution in [3.63, 3.8) is 0 Å². The van der Waals surface area contributed by atoms with Crippen molar-refractivity contribution in [1.29, 1.82) is 0 Å². The van der Waals surface area contributed by atoms with Gasteiger partial charge in [-0.3, -0.25) is 14.6 Å². The molecule has 2 unspecified atom stereocenters. The van der Waals surface area contributed by atoms with Gasteiger partial charge in [0, 0.05) is 25.9 Å². The van der Waals surface area contributed by atoms with E-state index in [0.29, 0.717) is 13.0 Å². The summed E-state index contributed by atoms with van der Waals surface area (Å²) in [5.74, 6) is -0.230. The third-order valence-corrected chi connectivity index (χ3v) is 4.81. The van der Waals surface area contributed by atoms with Crippen molar-refractivity contribution >= 4 is 36.2 Å². The van der Waals surface area contributed by atoms with Crippen LogP contribution in [0.4, 0.5) is 0 Å². The van der Waals surface area contributed by atoms with Crippen LogP contribution in [-0.2, 0) is 9.59 Å². The van der Waals surface area contributed by atoms with E-state index in [1.165, 1.54) is 6.92 Å². The average Bonchev–Trinajstić information content (AvgIpc) is 3.13. The molecule has 0 aromatic heterocycles. The van der Waals surface area contributed by atoms with E-state index in [-0.39, 0.29) is 11.8 Å². The second kappa shape index (κ2) is 9.38. The summed E-state index contributed by atoms with van der Waals surface area (Å²) in [7, 11) is 0. The zero-order valence-corrected chi connectivity index (χ0v) is 16.1. The van der Waals surface area contributed by atoms with Crippen LogP contribution in [0.1, 0.15) is 43.2 Å². The summed E-state index contributed by atoms with van der Waals surface area (Å²) in [5.41, 5.74) is 2.78. The summed E-state index contributed by atoms with van der Waals surface area (Å²) >= 11 is 4.50. The van der Waals surface area contributed by atoms with Gasteiger partial charge in [-0.15, -0.1) is 12.6 Å². The minimum absolute atomic E-state index is 0.0683. The normalized spacial score (nSPS) is 18.8. The summed E-state index contributed by atoms with van der Waals surface area (Å²) < 4.78 is 0. The highest BCUT2D eigenvalue weighted by Crippen LogP contribution is 2.23. The standard InChI is InChI=1S/C20H25N3O2S/c1-4-15(13-21-5-2)16-8-10-17(11-9-16)20(26)22-19(25)18-7-6-12-23(18)14(3)24/h4-5,8-11,13,18,20,26H,1,6-7,12H2,2-3H3,(H,22,25)/b15-13+,21-5?. The van der Waals surface area contributed by atoms with Gasteiger partial charge in [0.15, 0.2) is 0 Å². The first-order valence-electron chi connectivity index (χ1n) is 8.64. The molecular formula is C20H25N3O2S. The topological polar surface area (TPSA) is 61.8 Å². The Labute approximate surface area is 160 Å². The Kier molecular flexibility index (Phi) is 7.21. The number of carbonyl (C=O) groups is 2. The molecule has 1 N–H and O–H groups in total. The van der Waals surface area contributed by atoms with Gasteiger partial charge in [0.05, 0.1) is 5.37 Å². The first-order valence-corrected chi connectivity index (χ1v) is 9.16. The molecule has 0 bridgehead atoms. The van der Waals surface area contributed by atoms with Gasteiger partial charge < -0.3 is 10.2 Å². The van der Waals surface area contributed by atoms with Gasteiger partial charge in [-0.05, 0) is 36.5 Å². The number of nitrogens with zero attached hydrogens (tertiary/aromatic N) is 2. The molecule has 0 saturated carbocycles. The summed E-state index contributed by atoms with van der Waals surface area (Å²) in [6.07, 6.45) is 6.75. The molecule has 0 spiro atoms. The van der Waals surface area contributed by atoms with Gasteiger partial charge in [-0.25, -0.2) is 0 Å². The highest BCUT2D eigenvalue weighted by molar-refractivity contribution is 7.80. The maximum absolute atomic E-state index is 12.5. The Morgan fingerprint density at radius 3 is 2.65 bits per heavy atom. The van der Waals surface area contributed by atoms with Crippen LogP contribution in [0.2, 0.25) is 0 Å². The highest BCUT2D eigenvalue weighted by atomic mass is 32.1. The van der Waals surface area contributed by atoms with Crippen LogP contribution in [0.25, 0.3) is 5.57 Å². The summed E-state index contributed by atoms with van der Waals surface area (Å²) in [5, 5.41) is 2.46. The molecule has 0 radical (unpaired) electrons. The number of benzene rings is 1. The van der Waals surface area contributed by atoms with Crippen molar-refractivity contribution in [1.82, 2.24) is 10.2 Å². The monoisotopic (exact) mass is 371 g/mol. The van der Waals surface area contributed by atoms with Crippen LogP contribution < -0.4 is 5.32 Å². The average molecular weight is 372 g/mol. The molecule has 0 aliphatic carbocycles. The predicted octanol–water partition coefficient (Wildman–Crippen LogP) is 3.36. The quantitative estimate of drug-likeness (QED) is 0.349. The summed E-state index contributed by atoms with van der Waals surface area (Å²) in [6, 6.07) is 7.32. The van der Waals surface area contributed by atoms with Gasteiger partial charge in [0.25, 0.3) is 0 Å². The van der Waals surface area contributed by atoms with Crippen molar-refractivity contribution in [3.8, 4) is 0 Å². The molecule has 1 aromatic carbocycles. The van der Waals surface area contributed by atoms with Crippen LogP contribution in [0, 0.1) is 0 Å². The minimum Gasteiger partial charge on any atom is -0.339 e. The van der Waals surface area contributed by atoms with Crippen LogP contribution >= 0.6 is 12.6 Å². The lowest BCUT2D eigenvalue weighted by Gasteiger charge is -2.24. The number of carbonyl (C=O) groups excluding carboxylic acids is 2. The van der Waals surface area contributed by atoms with E-state index < -0.39 is 11.4 Å². The first kappa shape index (κ1) is 20.0. The van der Waals surface area contributed by atoms with Gasteiger partial charge in [0.2, 0.25) is 11.8 Å². The molecule has 1 fully saturated rings. The molecule has 1 saturated heterocycles. The van der Waals surface area contributed by atoms with Crippen LogP contribution in [0.3, 0.4) is 0 Å². The number of thiol groups is 1. The maximum atomic E-state index is 12.5. The van der Waals surface area contributed by atoms with Crippen molar-refractivity contribution in [2.24, 2.45) is 4.99 Å². The molecule has 1 aromatic rings. The number of rotatable bonds is 6. The van der Waals surface area contributed by atoms with Crippen LogP contribution in [0.5, 0.6) is 0 Å².